The van der Waals surface area contributed by atoms with E-state index in [-0.39, 0.29) is 0 Å². The van der Waals surface area contributed by atoms with Crippen LogP contribution in [-0.4, -0.2) is 16.8 Å². The summed E-state index contributed by atoms with van der Waals surface area (Å²) < 4.78 is 13.5. The molecule has 0 aliphatic carbocycles. The van der Waals surface area contributed by atoms with E-state index in [1.165, 1.54) is 25.0 Å². The van der Waals surface area contributed by atoms with Crippen LogP contribution in [0.1, 0.15) is 19.3 Å². The SMILES string of the molecule is [O]=[Ti+].[SiH3][C-]1CCCCO1. The molecule has 0 unspecified atom stereocenters. The van der Waals surface area contributed by atoms with Gasteiger partial charge in [0.2, 0.25) is 0 Å². The van der Waals surface area contributed by atoms with Crippen LogP contribution >= 0.6 is 0 Å². The Hall–Kier alpha value is 0.691. The van der Waals surface area contributed by atoms with Crippen molar-refractivity contribution in [2.45, 2.75) is 19.3 Å². The maximum Gasteiger partial charge on any atom is 0.0111 e. The molecule has 0 N–H and O–H groups in total. The van der Waals surface area contributed by atoms with Crippen LogP contribution in [0.25, 0.3) is 0 Å². The normalized spacial score (nSPS) is 20.7. The van der Waals surface area contributed by atoms with Crippen molar-refractivity contribution in [1.29, 1.82) is 0 Å². The maximum atomic E-state index is 8.25. The van der Waals surface area contributed by atoms with Crippen molar-refractivity contribution in [3.05, 3.63) is 5.73 Å². The van der Waals surface area contributed by atoms with E-state index in [9.17, 15) is 0 Å². The fraction of sp³-hybridized carbons (Fsp3) is 0.800. The quantitative estimate of drug-likeness (QED) is 0.384. The molecule has 0 bridgehead atoms. The van der Waals surface area contributed by atoms with Gasteiger partial charge in [0.05, 0.1) is 0 Å². The van der Waals surface area contributed by atoms with Gasteiger partial charge in [-0.2, -0.15) is 6.42 Å². The number of ether oxygens (including phenoxy) is 1. The summed E-state index contributed by atoms with van der Waals surface area (Å²) >= 11 is 0.750. The predicted octanol–water partition coefficient (Wildman–Crippen LogP) is -0.0795. The Morgan fingerprint density at radius 2 is 2.11 bits per heavy atom. The summed E-state index contributed by atoms with van der Waals surface area (Å²) in [4.78, 5) is 0. The van der Waals surface area contributed by atoms with E-state index in [0.717, 1.165) is 37.3 Å². The van der Waals surface area contributed by atoms with Gasteiger partial charge in [0.1, 0.15) is 0 Å². The Morgan fingerprint density at radius 1 is 1.44 bits per heavy atom. The number of hydrogen-bond acceptors (Lipinski definition) is 2. The summed E-state index contributed by atoms with van der Waals surface area (Å²) in [7, 11) is 1.15. The first-order valence-corrected chi connectivity index (χ1v) is 4.69. The van der Waals surface area contributed by atoms with E-state index in [2.05, 4.69) is 0 Å². The molecule has 0 radical (unpaired) electrons. The van der Waals surface area contributed by atoms with E-state index in [1.54, 1.807) is 0 Å². The van der Waals surface area contributed by atoms with Crippen molar-refractivity contribution in [1.82, 2.24) is 0 Å². The summed E-state index contributed by atoms with van der Waals surface area (Å²) in [6, 6.07) is 0. The molecule has 1 rings (SSSR count). The predicted molar refractivity (Wildman–Crippen MR) is 33.7 cm³/mol. The van der Waals surface area contributed by atoms with Crippen molar-refractivity contribution in [2.75, 3.05) is 6.61 Å². The topological polar surface area (TPSA) is 26.3 Å². The largest absolute Gasteiger partial charge is 0.551 e. The molecule has 51 valence electrons. The molecule has 1 aliphatic heterocycles. The third kappa shape index (κ3) is 5.15. The maximum absolute atomic E-state index is 8.25. The zero-order valence-electron chi connectivity index (χ0n) is 5.64. The second-order valence-electron chi connectivity index (χ2n) is 2.01. The molecule has 0 aromatic heterocycles. The van der Waals surface area contributed by atoms with Crippen molar-refractivity contribution >= 4 is 10.2 Å². The minimum Gasteiger partial charge on any atom is -0.551 e. The van der Waals surface area contributed by atoms with Crippen LogP contribution < -0.4 is 0 Å². The molecule has 1 aliphatic rings. The molecule has 1 fully saturated rings. The molecule has 1 heterocycles. The van der Waals surface area contributed by atoms with E-state index >= 15 is 0 Å². The van der Waals surface area contributed by atoms with E-state index in [1.807, 2.05) is 0 Å². The van der Waals surface area contributed by atoms with Gasteiger partial charge in [0.15, 0.2) is 0 Å². The summed E-state index contributed by atoms with van der Waals surface area (Å²) in [6.07, 6.45) is 3.87. The Bertz CT molecular complexity index is 66.0. The molecule has 0 aromatic carbocycles. The van der Waals surface area contributed by atoms with Crippen molar-refractivity contribution < 1.29 is 28.5 Å². The number of rotatable bonds is 0. The van der Waals surface area contributed by atoms with Gasteiger partial charge >= 0.3 is 23.7 Å². The van der Waals surface area contributed by atoms with Crippen LogP contribution in [0.3, 0.4) is 0 Å². The first-order valence-electron chi connectivity index (χ1n) is 3.05. The molecule has 2 nitrogen and oxygen atoms in total. The summed E-state index contributed by atoms with van der Waals surface area (Å²) in [5.41, 5.74) is 1.35. The van der Waals surface area contributed by atoms with Crippen LogP contribution in [0.4, 0.5) is 0 Å². The zero-order valence-corrected chi connectivity index (χ0v) is 9.21. The fourth-order valence-corrected chi connectivity index (χ4v) is 1.35. The van der Waals surface area contributed by atoms with Gasteiger partial charge < -0.3 is 4.74 Å². The Morgan fingerprint density at radius 3 is 2.33 bits per heavy atom. The van der Waals surface area contributed by atoms with Gasteiger partial charge in [0.25, 0.3) is 0 Å². The van der Waals surface area contributed by atoms with Gasteiger partial charge in [-0.05, 0) is 6.42 Å². The van der Waals surface area contributed by atoms with Crippen LogP contribution in [0, 0.1) is 5.73 Å². The first-order chi connectivity index (χ1) is 4.39. The molecular formula is C5H11O2SiTi. The molecule has 4 heteroatoms. The summed E-state index contributed by atoms with van der Waals surface area (Å²) in [5, 5.41) is 0. The molecule has 0 spiro atoms. The van der Waals surface area contributed by atoms with Crippen LogP contribution in [-0.2, 0) is 28.5 Å². The van der Waals surface area contributed by atoms with Gasteiger partial charge in [-0.1, -0.05) is 6.42 Å². The Balaban J connectivity index is 0.000000291. The van der Waals surface area contributed by atoms with E-state index < -0.39 is 0 Å². The third-order valence-corrected chi connectivity index (χ3v) is 2.06. The second-order valence-corrected chi connectivity index (χ2v) is 3.12. The van der Waals surface area contributed by atoms with E-state index in [0.29, 0.717) is 0 Å². The molecule has 0 amide bonds. The fourth-order valence-electron chi connectivity index (χ4n) is 0.795. The smallest absolute Gasteiger partial charge is 0.0111 e. The zero-order chi connectivity index (χ0) is 7.11. The monoisotopic (exact) mass is 179 g/mol. The molecule has 9 heavy (non-hydrogen) atoms. The molecule has 0 atom stereocenters. The van der Waals surface area contributed by atoms with Crippen molar-refractivity contribution in [3.8, 4) is 0 Å². The van der Waals surface area contributed by atoms with Gasteiger partial charge in [0, 0.05) is 6.61 Å². The number of hydrogen-bond donors (Lipinski definition) is 0. The standard InChI is InChI=1S/C5H11OSi.O.Ti/c7-5-3-1-2-4-6-5;;/h1-4H2,7H3;;/q-1;;+1. The Labute approximate surface area is 70.5 Å². The third-order valence-electron chi connectivity index (χ3n) is 1.27. The first kappa shape index (κ1) is 9.69. The molecule has 1 saturated heterocycles. The van der Waals surface area contributed by atoms with Gasteiger partial charge in [-0.15, -0.1) is 10.2 Å². The van der Waals surface area contributed by atoms with Crippen molar-refractivity contribution in [3.63, 3.8) is 0 Å². The summed E-state index contributed by atoms with van der Waals surface area (Å²) in [5.74, 6) is 0. The van der Waals surface area contributed by atoms with Gasteiger partial charge in [-0.25, -0.2) is 5.73 Å². The minimum atomic E-state index is 0.750. The Kier molecular flexibility index (Phi) is 7.33. The average Bonchev–Trinajstić information content (AvgIpc) is 1.94. The summed E-state index contributed by atoms with van der Waals surface area (Å²) in [6.45, 7) is 0.985. The molecular weight excluding hydrogens is 168 g/mol. The van der Waals surface area contributed by atoms with Crippen LogP contribution in [0.5, 0.6) is 0 Å². The van der Waals surface area contributed by atoms with Crippen LogP contribution in [0.15, 0.2) is 0 Å². The van der Waals surface area contributed by atoms with Crippen LogP contribution in [0.2, 0.25) is 0 Å². The van der Waals surface area contributed by atoms with Gasteiger partial charge in [-0.3, -0.25) is 0 Å². The average molecular weight is 179 g/mol. The van der Waals surface area contributed by atoms with Crippen molar-refractivity contribution in [2.24, 2.45) is 0 Å². The minimum absolute atomic E-state index is 0.750. The second kappa shape index (κ2) is 6.81. The molecule has 0 saturated carbocycles. The molecule has 0 aromatic rings. The van der Waals surface area contributed by atoms with E-state index in [4.69, 9.17) is 8.06 Å².